The number of hydrogen-bond acceptors (Lipinski definition) is 2. The summed E-state index contributed by atoms with van der Waals surface area (Å²) in [5, 5.41) is 4.67. The van der Waals surface area contributed by atoms with E-state index in [9.17, 15) is 4.79 Å². The van der Waals surface area contributed by atoms with Gasteiger partial charge in [0, 0.05) is 42.3 Å². The van der Waals surface area contributed by atoms with Crippen LogP contribution in [0.3, 0.4) is 0 Å². The van der Waals surface area contributed by atoms with Crippen molar-refractivity contribution in [3.63, 3.8) is 0 Å². The Kier molecular flexibility index (Phi) is 5.10. The molecule has 2 unspecified atom stereocenters. The molecule has 5 rings (SSSR count). The number of urea groups is 1. The number of rotatable bonds is 4. The highest BCUT2D eigenvalue weighted by atomic mass is 16.2. The number of hydrogen-bond donors (Lipinski definition) is 2. The second-order valence-corrected chi connectivity index (χ2v) is 9.24. The Bertz CT molecular complexity index is 980. The number of H-pyrrole nitrogens is 1. The fourth-order valence-corrected chi connectivity index (χ4v) is 5.98. The first-order valence-corrected chi connectivity index (χ1v) is 11.7. The van der Waals surface area contributed by atoms with Crippen molar-refractivity contribution in [2.45, 2.75) is 64.0 Å². The van der Waals surface area contributed by atoms with Gasteiger partial charge in [0.1, 0.15) is 0 Å². The summed E-state index contributed by atoms with van der Waals surface area (Å²) in [6.07, 6.45) is 8.74. The molecule has 2 heterocycles. The van der Waals surface area contributed by atoms with Crippen molar-refractivity contribution < 1.29 is 4.79 Å². The van der Waals surface area contributed by atoms with Crippen LogP contribution in [0.1, 0.15) is 62.3 Å². The van der Waals surface area contributed by atoms with Crippen LogP contribution in [0.25, 0.3) is 16.5 Å². The van der Waals surface area contributed by atoms with Gasteiger partial charge in [-0.15, -0.1) is 0 Å². The molecule has 2 atom stereocenters. The summed E-state index contributed by atoms with van der Waals surface area (Å²) in [7, 11) is 2.21. The molecule has 1 aromatic heterocycles. The van der Waals surface area contributed by atoms with Gasteiger partial charge in [-0.1, -0.05) is 31.1 Å². The van der Waals surface area contributed by atoms with Crippen molar-refractivity contribution in [2.75, 3.05) is 26.7 Å². The highest BCUT2D eigenvalue weighted by molar-refractivity contribution is 5.99. The second-order valence-electron chi connectivity index (χ2n) is 9.24. The molecule has 160 valence electrons. The number of carbonyl (C=O) groups is 1. The first-order chi connectivity index (χ1) is 14.6. The van der Waals surface area contributed by atoms with Gasteiger partial charge in [-0.05, 0) is 68.8 Å². The first kappa shape index (κ1) is 19.7. The van der Waals surface area contributed by atoms with Gasteiger partial charge >= 0.3 is 6.03 Å². The standard InChI is InChI=1S/C25H34N4O/c1-4-29(5-2)25(30)26-17-13-19-18-11-8-12-21-23(18)20(14-22(19)28(3)15-17)24(27-21)16-9-6-7-10-16/h8,11-13,16-17,22,27H,4-7,9-10,14-15H2,1-3H3,(H,26,30). The minimum absolute atomic E-state index is 0.0357. The number of carbonyl (C=O) groups excluding carboxylic acids is 1. The molecule has 0 spiro atoms. The van der Waals surface area contributed by atoms with Crippen LogP contribution in [0.2, 0.25) is 0 Å². The molecule has 2 aromatic rings. The molecular weight excluding hydrogens is 372 g/mol. The smallest absolute Gasteiger partial charge is 0.317 e. The zero-order valence-corrected chi connectivity index (χ0v) is 18.5. The molecule has 2 N–H and O–H groups in total. The molecule has 0 radical (unpaired) electrons. The lowest BCUT2D eigenvalue weighted by molar-refractivity contribution is 0.193. The van der Waals surface area contributed by atoms with Gasteiger partial charge in [-0.25, -0.2) is 4.79 Å². The van der Waals surface area contributed by atoms with E-state index >= 15 is 0 Å². The quantitative estimate of drug-likeness (QED) is 0.785. The monoisotopic (exact) mass is 406 g/mol. The molecule has 1 aromatic carbocycles. The predicted molar refractivity (Wildman–Crippen MR) is 123 cm³/mol. The molecule has 0 saturated heterocycles. The number of aromatic amines is 1. The molecular formula is C25H34N4O. The van der Waals surface area contributed by atoms with Gasteiger partial charge in [0.2, 0.25) is 0 Å². The lowest BCUT2D eigenvalue weighted by Crippen LogP contribution is -2.52. The fourth-order valence-electron chi connectivity index (χ4n) is 5.98. The van der Waals surface area contributed by atoms with Crippen molar-refractivity contribution in [3.8, 4) is 0 Å². The molecule has 5 nitrogen and oxygen atoms in total. The highest BCUT2D eigenvalue weighted by Crippen LogP contribution is 2.45. The molecule has 0 bridgehead atoms. The summed E-state index contributed by atoms with van der Waals surface area (Å²) in [4.78, 5) is 20.7. The second kappa shape index (κ2) is 7.77. The molecule has 30 heavy (non-hydrogen) atoms. The highest BCUT2D eigenvalue weighted by Gasteiger charge is 2.36. The number of amides is 2. The zero-order chi connectivity index (χ0) is 20.8. The van der Waals surface area contributed by atoms with E-state index in [1.165, 1.54) is 53.4 Å². The van der Waals surface area contributed by atoms with E-state index in [1.54, 1.807) is 5.56 Å². The summed E-state index contributed by atoms with van der Waals surface area (Å²) in [5.74, 6) is 0.695. The van der Waals surface area contributed by atoms with Crippen molar-refractivity contribution in [1.82, 2.24) is 20.1 Å². The number of likely N-dealkylation sites (N-methyl/N-ethyl adjacent to an activating group) is 1. The van der Waals surface area contributed by atoms with Crippen LogP contribution in [0.15, 0.2) is 24.3 Å². The van der Waals surface area contributed by atoms with Crippen molar-refractivity contribution in [2.24, 2.45) is 0 Å². The molecule has 1 saturated carbocycles. The number of benzene rings is 1. The minimum atomic E-state index is 0.0357. The number of nitrogens with zero attached hydrogens (tertiary/aromatic N) is 2. The van der Waals surface area contributed by atoms with Gasteiger partial charge in [-0.2, -0.15) is 0 Å². The predicted octanol–water partition coefficient (Wildman–Crippen LogP) is 4.50. The van der Waals surface area contributed by atoms with Crippen molar-refractivity contribution >= 4 is 22.5 Å². The van der Waals surface area contributed by atoms with Crippen LogP contribution in [0.5, 0.6) is 0 Å². The third-order valence-corrected chi connectivity index (χ3v) is 7.55. The first-order valence-electron chi connectivity index (χ1n) is 11.7. The summed E-state index contributed by atoms with van der Waals surface area (Å²) in [6.45, 7) is 6.39. The maximum Gasteiger partial charge on any atom is 0.317 e. The molecule has 5 heteroatoms. The normalized spacial score (nSPS) is 24.0. The van der Waals surface area contributed by atoms with Gasteiger partial charge in [0.05, 0.1) is 6.04 Å². The van der Waals surface area contributed by atoms with Gasteiger partial charge in [0.15, 0.2) is 0 Å². The Morgan fingerprint density at radius 2 is 2.00 bits per heavy atom. The minimum Gasteiger partial charge on any atom is -0.358 e. The van der Waals surface area contributed by atoms with Crippen LogP contribution in [-0.2, 0) is 6.42 Å². The SMILES string of the molecule is CCN(CC)C(=O)NC1C=C2c3cccc4[nH]c(C5CCCC5)c(c34)CC2N(C)C1. The molecule has 3 aliphatic rings. The lowest BCUT2D eigenvalue weighted by Gasteiger charge is -2.40. The van der Waals surface area contributed by atoms with Gasteiger partial charge in [-0.3, -0.25) is 4.90 Å². The average Bonchev–Trinajstić information content (AvgIpc) is 3.39. The van der Waals surface area contributed by atoms with Crippen LogP contribution >= 0.6 is 0 Å². The molecule has 1 fully saturated rings. The van der Waals surface area contributed by atoms with E-state index in [1.807, 2.05) is 18.7 Å². The Hall–Kier alpha value is -2.27. The van der Waals surface area contributed by atoms with Gasteiger partial charge < -0.3 is 15.2 Å². The Morgan fingerprint density at radius 3 is 2.73 bits per heavy atom. The molecule has 1 aliphatic heterocycles. The third kappa shape index (κ3) is 3.15. The summed E-state index contributed by atoms with van der Waals surface area (Å²) in [5.41, 5.74) is 7.06. The fraction of sp³-hybridized carbons (Fsp3) is 0.560. The van der Waals surface area contributed by atoms with E-state index in [0.29, 0.717) is 12.0 Å². The molecule has 2 amide bonds. The summed E-state index contributed by atoms with van der Waals surface area (Å²) < 4.78 is 0. The Labute approximate surface area is 179 Å². The summed E-state index contributed by atoms with van der Waals surface area (Å²) >= 11 is 0. The van der Waals surface area contributed by atoms with Crippen molar-refractivity contribution in [1.29, 1.82) is 0 Å². The van der Waals surface area contributed by atoms with Crippen LogP contribution in [0.4, 0.5) is 4.79 Å². The van der Waals surface area contributed by atoms with E-state index < -0.39 is 0 Å². The van der Waals surface area contributed by atoms with E-state index in [0.717, 1.165) is 26.1 Å². The Balaban J connectivity index is 1.53. The lowest BCUT2D eigenvalue weighted by atomic mass is 9.79. The van der Waals surface area contributed by atoms with E-state index in [-0.39, 0.29) is 12.1 Å². The van der Waals surface area contributed by atoms with Crippen LogP contribution < -0.4 is 5.32 Å². The third-order valence-electron chi connectivity index (χ3n) is 7.55. The van der Waals surface area contributed by atoms with E-state index in [2.05, 4.69) is 46.5 Å². The van der Waals surface area contributed by atoms with E-state index in [4.69, 9.17) is 0 Å². The largest absolute Gasteiger partial charge is 0.358 e. The Morgan fingerprint density at radius 1 is 1.23 bits per heavy atom. The van der Waals surface area contributed by atoms with Crippen LogP contribution in [0, 0.1) is 0 Å². The topological polar surface area (TPSA) is 51.4 Å². The number of fused-ring (bicyclic) bond motifs is 2. The summed E-state index contributed by atoms with van der Waals surface area (Å²) in [6, 6.07) is 7.15. The average molecular weight is 407 g/mol. The van der Waals surface area contributed by atoms with Gasteiger partial charge in [0.25, 0.3) is 0 Å². The number of nitrogens with one attached hydrogen (secondary N) is 2. The maximum atomic E-state index is 12.6. The van der Waals surface area contributed by atoms with Crippen molar-refractivity contribution in [3.05, 3.63) is 41.1 Å². The van der Waals surface area contributed by atoms with Crippen LogP contribution in [-0.4, -0.2) is 59.6 Å². The maximum absolute atomic E-state index is 12.6. The zero-order valence-electron chi connectivity index (χ0n) is 18.5. The number of aromatic nitrogens is 1. The molecule has 2 aliphatic carbocycles.